The fraction of sp³-hybridized carbons (Fsp3) is 0.286. The van der Waals surface area contributed by atoms with Gasteiger partial charge in [-0.3, -0.25) is 9.59 Å². The van der Waals surface area contributed by atoms with Gasteiger partial charge in [0, 0.05) is 6.54 Å². The molecule has 4 N–H and O–H groups in total. The molecule has 0 spiro atoms. The minimum absolute atomic E-state index is 0.145. The Hall–Kier alpha value is -3.18. The smallest absolute Gasteiger partial charge is 0.342 e. The summed E-state index contributed by atoms with van der Waals surface area (Å²) < 4.78 is 25.7. The molecule has 0 bridgehead atoms. The Morgan fingerprint density at radius 3 is 2.50 bits per heavy atom. The number of hydrogen-bond acceptors (Lipinski definition) is 6. The largest absolute Gasteiger partial charge is 0.480 e. The lowest BCUT2D eigenvalue weighted by atomic mass is 10.1. The number of likely N-dealkylation sites (tertiary alicyclic amines) is 1. The molecule has 1 unspecified atom stereocenters. The third kappa shape index (κ3) is 6.92. The first kappa shape index (κ1) is 25.1. The number of aliphatic hydroxyl groups excluding tert-OH is 1. The molecule has 1 saturated heterocycles. The SMILES string of the molecule is NC=O.O=C(O)C1CCCN1C(=O)Cc1ccc2c(c1)Oc1ccccc1S2.OC(F)F. The van der Waals surface area contributed by atoms with E-state index < -0.39 is 18.6 Å². The topological polar surface area (TPSA) is 130 Å². The molecule has 0 aliphatic carbocycles. The van der Waals surface area contributed by atoms with Crippen LogP contribution in [0.15, 0.2) is 52.3 Å². The van der Waals surface area contributed by atoms with Gasteiger partial charge in [0.25, 0.3) is 0 Å². The van der Waals surface area contributed by atoms with Crippen LogP contribution in [0.25, 0.3) is 0 Å². The molecule has 2 heterocycles. The predicted molar refractivity (Wildman–Crippen MR) is 112 cm³/mol. The molecular formula is C21H22F2N2O6S. The van der Waals surface area contributed by atoms with Crippen molar-refractivity contribution in [3.8, 4) is 11.5 Å². The third-order valence-corrected chi connectivity index (χ3v) is 5.63. The molecule has 172 valence electrons. The molecule has 0 aromatic heterocycles. The van der Waals surface area contributed by atoms with E-state index in [1.807, 2.05) is 42.5 Å². The summed E-state index contributed by atoms with van der Waals surface area (Å²) in [4.78, 5) is 35.9. The van der Waals surface area contributed by atoms with E-state index in [4.69, 9.17) is 14.6 Å². The molecule has 0 radical (unpaired) electrons. The maximum Gasteiger partial charge on any atom is 0.342 e. The summed E-state index contributed by atoms with van der Waals surface area (Å²) in [6, 6.07) is 12.9. The summed E-state index contributed by atoms with van der Waals surface area (Å²) in [6.45, 7) is -2.65. The molecule has 2 aromatic carbocycles. The number of alkyl halides is 2. The van der Waals surface area contributed by atoms with Crippen LogP contribution in [0.5, 0.6) is 11.5 Å². The van der Waals surface area contributed by atoms with E-state index in [9.17, 15) is 23.5 Å². The number of carboxylic acid groups (broad SMARTS) is 1. The first-order valence-electron chi connectivity index (χ1n) is 9.48. The summed E-state index contributed by atoms with van der Waals surface area (Å²) in [6.07, 6.45) is 1.71. The summed E-state index contributed by atoms with van der Waals surface area (Å²) in [7, 11) is 0. The van der Waals surface area contributed by atoms with Crippen LogP contribution in [0, 0.1) is 0 Å². The van der Waals surface area contributed by atoms with Crippen LogP contribution in [-0.4, -0.2) is 52.6 Å². The lowest BCUT2D eigenvalue weighted by molar-refractivity contribution is -0.148. The van der Waals surface area contributed by atoms with E-state index in [1.165, 1.54) is 4.90 Å². The minimum Gasteiger partial charge on any atom is -0.480 e. The van der Waals surface area contributed by atoms with Gasteiger partial charge in [-0.25, -0.2) is 4.79 Å². The van der Waals surface area contributed by atoms with Crippen molar-refractivity contribution in [3.63, 3.8) is 0 Å². The molecule has 2 aromatic rings. The standard InChI is InChI=1S/C19H17NO4S.CH2F2O.CH3NO/c21-18(20-9-3-4-13(20)19(22)23)11-12-7-8-17-15(10-12)24-14-5-1-2-6-16(14)25-17;2-1(3)4;2-1-3/h1-2,5-8,10,13H,3-4,9,11H2,(H,22,23);1,4H;1H,(H2,2,3). The number of rotatable bonds is 3. The number of nitrogens with two attached hydrogens (primary N) is 1. The Labute approximate surface area is 187 Å². The van der Waals surface area contributed by atoms with Gasteiger partial charge in [-0.05, 0) is 42.7 Å². The Balaban J connectivity index is 0.000000459. The van der Waals surface area contributed by atoms with Gasteiger partial charge in [-0.15, -0.1) is 0 Å². The molecule has 2 aliphatic heterocycles. The molecule has 8 nitrogen and oxygen atoms in total. The van der Waals surface area contributed by atoms with Crippen molar-refractivity contribution in [2.75, 3.05) is 6.54 Å². The van der Waals surface area contributed by atoms with Crippen LogP contribution >= 0.6 is 11.8 Å². The Bertz CT molecular complexity index is 957. The average Bonchev–Trinajstić information content (AvgIpc) is 3.23. The van der Waals surface area contributed by atoms with Crippen LogP contribution in [-0.2, 0) is 20.8 Å². The monoisotopic (exact) mass is 468 g/mol. The molecule has 32 heavy (non-hydrogen) atoms. The second-order valence-corrected chi connectivity index (χ2v) is 7.69. The van der Waals surface area contributed by atoms with Crippen molar-refractivity contribution < 1.29 is 38.1 Å². The lowest BCUT2D eigenvalue weighted by Gasteiger charge is -2.22. The van der Waals surface area contributed by atoms with Crippen molar-refractivity contribution in [2.45, 2.75) is 41.7 Å². The van der Waals surface area contributed by atoms with E-state index in [-0.39, 0.29) is 18.7 Å². The second-order valence-electron chi connectivity index (χ2n) is 6.61. The van der Waals surface area contributed by atoms with Gasteiger partial charge in [-0.1, -0.05) is 30.0 Å². The number of nitrogens with zero attached hydrogens (tertiary/aromatic N) is 1. The number of aliphatic hydroxyl groups is 1. The highest BCUT2D eigenvalue weighted by Crippen LogP contribution is 2.47. The Kier molecular flexibility index (Phi) is 9.41. The van der Waals surface area contributed by atoms with Crippen molar-refractivity contribution in [1.29, 1.82) is 0 Å². The summed E-state index contributed by atoms with van der Waals surface area (Å²) in [5, 5.41) is 16.0. The number of primary amides is 1. The Morgan fingerprint density at radius 2 is 1.84 bits per heavy atom. The number of carbonyl (C=O) groups excluding carboxylic acids is 2. The molecule has 4 rings (SSSR count). The molecular weight excluding hydrogens is 446 g/mol. The van der Waals surface area contributed by atoms with E-state index in [1.54, 1.807) is 11.8 Å². The minimum atomic E-state index is -3.17. The molecule has 1 atom stereocenters. The molecule has 0 saturated carbocycles. The van der Waals surface area contributed by atoms with E-state index in [2.05, 4.69) is 5.73 Å². The summed E-state index contributed by atoms with van der Waals surface area (Å²) in [5.41, 5.74) is 5.00. The maximum atomic E-state index is 12.5. The highest BCUT2D eigenvalue weighted by molar-refractivity contribution is 7.99. The first-order chi connectivity index (χ1) is 15.3. The van der Waals surface area contributed by atoms with Gasteiger partial charge in [0.05, 0.1) is 16.2 Å². The number of para-hydroxylation sites is 1. The second kappa shape index (κ2) is 12.0. The number of hydrogen-bond donors (Lipinski definition) is 3. The molecule has 2 amide bonds. The van der Waals surface area contributed by atoms with Gasteiger partial charge in [0.1, 0.15) is 17.5 Å². The number of ether oxygens (including phenoxy) is 1. The number of benzene rings is 2. The van der Waals surface area contributed by atoms with Crippen molar-refractivity contribution in [2.24, 2.45) is 5.73 Å². The van der Waals surface area contributed by atoms with Crippen LogP contribution in [0.4, 0.5) is 8.78 Å². The lowest BCUT2D eigenvalue weighted by Crippen LogP contribution is -2.41. The van der Waals surface area contributed by atoms with Crippen molar-refractivity contribution in [3.05, 3.63) is 48.0 Å². The van der Waals surface area contributed by atoms with E-state index >= 15 is 0 Å². The van der Waals surface area contributed by atoms with Crippen LogP contribution < -0.4 is 10.5 Å². The number of aliphatic carboxylic acids is 1. The highest BCUT2D eigenvalue weighted by Gasteiger charge is 2.33. The van der Waals surface area contributed by atoms with Gasteiger partial charge in [0.2, 0.25) is 12.3 Å². The predicted octanol–water partition coefficient (Wildman–Crippen LogP) is 2.86. The zero-order valence-electron chi connectivity index (χ0n) is 16.8. The number of carboxylic acids is 1. The fourth-order valence-corrected chi connectivity index (χ4v) is 4.21. The van der Waals surface area contributed by atoms with Gasteiger partial charge < -0.3 is 25.6 Å². The van der Waals surface area contributed by atoms with Crippen molar-refractivity contribution in [1.82, 2.24) is 4.90 Å². The van der Waals surface area contributed by atoms with Crippen LogP contribution in [0.3, 0.4) is 0 Å². The first-order valence-corrected chi connectivity index (χ1v) is 10.3. The summed E-state index contributed by atoms with van der Waals surface area (Å²) >= 11 is 1.64. The number of carbonyl (C=O) groups is 3. The third-order valence-electron chi connectivity index (χ3n) is 4.51. The molecule has 2 aliphatic rings. The van der Waals surface area contributed by atoms with E-state index in [0.29, 0.717) is 13.0 Å². The molecule has 11 heteroatoms. The number of fused-ring (bicyclic) bond motifs is 2. The van der Waals surface area contributed by atoms with Gasteiger partial charge >= 0.3 is 12.6 Å². The normalized spacial score (nSPS) is 15.8. The highest BCUT2D eigenvalue weighted by atomic mass is 32.2. The van der Waals surface area contributed by atoms with E-state index in [0.717, 1.165) is 33.3 Å². The van der Waals surface area contributed by atoms with Crippen LogP contribution in [0.1, 0.15) is 18.4 Å². The number of halogens is 2. The Morgan fingerprint density at radius 1 is 1.22 bits per heavy atom. The molecule has 1 fully saturated rings. The van der Waals surface area contributed by atoms with Crippen molar-refractivity contribution >= 4 is 30.0 Å². The van der Waals surface area contributed by atoms with Gasteiger partial charge in [0.15, 0.2) is 0 Å². The summed E-state index contributed by atoms with van der Waals surface area (Å²) in [5.74, 6) is 0.487. The van der Waals surface area contributed by atoms with Crippen LogP contribution in [0.2, 0.25) is 0 Å². The van der Waals surface area contributed by atoms with Gasteiger partial charge in [-0.2, -0.15) is 8.78 Å². The maximum absolute atomic E-state index is 12.5. The quantitative estimate of drug-likeness (QED) is 0.504. The number of amides is 2. The zero-order valence-corrected chi connectivity index (χ0v) is 17.6. The zero-order chi connectivity index (χ0) is 23.7. The average molecular weight is 468 g/mol. The fourth-order valence-electron chi connectivity index (χ4n) is 3.28.